The second-order valence-corrected chi connectivity index (χ2v) is 5.41. The van der Waals surface area contributed by atoms with Crippen LogP contribution < -0.4 is 15.4 Å². The molecule has 24 heavy (non-hydrogen) atoms. The van der Waals surface area contributed by atoms with Crippen molar-refractivity contribution in [2.45, 2.75) is 0 Å². The average Bonchev–Trinajstić information content (AvgIpc) is 2.64. The van der Waals surface area contributed by atoms with Gasteiger partial charge in [-0.05, 0) is 23.6 Å². The summed E-state index contributed by atoms with van der Waals surface area (Å²) in [5.41, 5.74) is 1.07. The maximum atomic E-state index is 11.8. The van der Waals surface area contributed by atoms with E-state index in [2.05, 4.69) is 28.8 Å². The third-order valence-corrected chi connectivity index (χ3v) is 3.67. The summed E-state index contributed by atoms with van der Waals surface area (Å²) in [6, 6.07) is 23.7. The summed E-state index contributed by atoms with van der Waals surface area (Å²) in [6.07, 6.45) is 0. The van der Waals surface area contributed by atoms with E-state index in [1.165, 1.54) is 10.8 Å². The molecule has 3 rings (SSSR count). The lowest BCUT2D eigenvalue weighted by atomic mass is 10.1. The molecule has 0 bridgehead atoms. The molecule has 0 aliphatic carbocycles. The summed E-state index contributed by atoms with van der Waals surface area (Å²) in [6.45, 7) is 1.23. The molecule has 3 aromatic carbocycles. The second kappa shape index (κ2) is 8.02. The van der Waals surface area contributed by atoms with E-state index < -0.39 is 0 Å². The summed E-state index contributed by atoms with van der Waals surface area (Å²) in [4.78, 5) is 11.8. The van der Waals surface area contributed by atoms with E-state index >= 15 is 0 Å². The quantitative estimate of drug-likeness (QED) is 0.656. The van der Waals surface area contributed by atoms with Crippen molar-refractivity contribution in [1.82, 2.24) is 5.32 Å². The van der Waals surface area contributed by atoms with Crippen LogP contribution in [0.3, 0.4) is 0 Å². The number of anilines is 1. The fourth-order valence-corrected chi connectivity index (χ4v) is 2.50. The molecule has 0 aliphatic heterocycles. The van der Waals surface area contributed by atoms with Crippen LogP contribution in [0.15, 0.2) is 72.8 Å². The van der Waals surface area contributed by atoms with E-state index in [4.69, 9.17) is 4.74 Å². The van der Waals surface area contributed by atoms with Gasteiger partial charge in [0.25, 0.3) is 5.91 Å². The number of rotatable bonds is 7. The predicted octanol–water partition coefficient (Wildman–Crippen LogP) is 3.45. The van der Waals surface area contributed by atoms with E-state index in [0.717, 1.165) is 5.69 Å². The summed E-state index contributed by atoms with van der Waals surface area (Å²) >= 11 is 0. The van der Waals surface area contributed by atoms with Gasteiger partial charge in [0.2, 0.25) is 0 Å². The van der Waals surface area contributed by atoms with Crippen LogP contribution in [0, 0.1) is 0 Å². The van der Waals surface area contributed by atoms with E-state index in [9.17, 15) is 4.79 Å². The number of fused-ring (bicyclic) bond motifs is 1. The van der Waals surface area contributed by atoms with Crippen LogP contribution >= 0.6 is 0 Å². The highest BCUT2D eigenvalue weighted by Crippen LogP contribution is 2.22. The van der Waals surface area contributed by atoms with Gasteiger partial charge in [-0.3, -0.25) is 4.79 Å². The van der Waals surface area contributed by atoms with Gasteiger partial charge in [-0.15, -0.1) is 0 Å². The topological polar surface area (TPSA) is 50.4 Å². The van der Waals surface area contributed by atoms with Gasteiger partial charge in [0, 0.05) is 24.2 Å². The van der Waals surface area contributed by atoms with Crippen molar-refractivity contribution in [3.63, 3.8) is 0 Å². The van der Waals surface area contributed by atoms with Gasteiger partial charge in [0.05, 0.1) is 0 Å². The van der Waals surface area contributed by atoms with Crippen LogP contribution in [-0.2, 0) is 4.79 Å². The monoisotopic (exact) mass is 320 g/mol. The Morgan fingerprint density at radius 3 is 2.46 bits per heavy atom. The fourth-order valence-electron chi connectivity index (χ4n) is 2.50. The molecule has 1 amide bonds. The van der Waals surface area contributed by atoms with Gasteiger partial charge in [-0.25, -0.2) is 0 Å². The van der Waals surface area contributed by atoms with E-state index in [1.807, 2.05) is 54.6 Å². The number of carbonyl (C=O) groups is 1. The Labute approximate surface area is 141 Å². The molecule has 0 unspecified atom stereocenters. The third kappa shape index (κ3) is 4.26. The van der Waals surface area contributed by atoms with Crippen molar-refractivity contribution in [3.05, 3.63) is 72.8 Å². The molecule has 4 nitrogen and oxygen atoms in total. The van der Waals surface area contributed by atoms with Crippen LogP contribution in [0.1, 0.15) is 0 Å². The fraction of sp³-hybridized carbons (Fsp3) is 0.150. The zero-order valence-electron chi connectivity index (χ0n) is 13.4. The summed E-state index contributed by atoms with van der Waals surface area (Å²) in [5, 5.41) is 8.58. The lowest BCUT2D eigenvalue weighted by molar-refractivity contribution is -0.123. The van der Waals surface area contributed by atoms with Crippen molar-refractivity contribution in [1.29, 1.82) is 0 Å². The SMILES string of the molecule is O=C(COc1ccccc1)NCCNc1cccc2ccccc12. The largest absolute Gasteiger partial charge is 0.484 e. The standard InChI is InChI=1S/C20H20N2O2/c23-20(15-24-17-9-2-1-3-10-17)22-14-13-21-19-12-6-8-16-7-4-5-11-18(16)19/h1-12,21H,13-15H2,(H,22,23). The van der Waals surface area contributed by atoms with E-state index in [1.54, 1.807) is 0 Å². The molecule has 0 radical (unpaired) electrons. The Kier molecular flexibility index (Phi) is 5.30. The van der Waals surface area contributed by atoms with Crippen LogP contribution in [0.25, 0.3) is 10.8 Å². The normalized spacial score (nSPS) is 10.3. The van der Waals surface area contributed by atoms with Gasteiger partial charge in [0.15, 0.2) is 6.61 Å². The maximum absolute atomic E-state index is 11.8. The molecule has 0 saturated carbocycles. The minimum Gasteiger partial charge on any atom is -0.484 e. The van der Waals surface area contributed by atoms with Gasteiger partial charge in [-0.1, -0.05) is 54.6 Å². The minimum absolute atomic E-state index is 0.0261. The van der Waals surface area contributed by atoms with Gasteiger partial charge in [0.1, 0.15) is 5.75 Å². The highest BCUT2D eigenvalue weighted by molar-refractivity contribution is 5.93. The molecule has 0 spiro atoms. The Morgan fingerprint density at radius 2 is 1.58 bits per heavy atom. The van der Waals surface area contributed by atoms with E-state index in [-0.39, 0.29) is 12.5 Å². The number of hydrogen-bond donors (Lipinski definition) is 2. The minimum atomic E-state index is -0.126. The first-order valence-corrected chi connectivity index (χ1v) is 7.99. The molecule has 0 fully saturated rings. The molecule has 0 atom stereocenters. The molecule has 0 heterocycles. The number of para-hydroxylation sites is 1. The van der Waals surface area contributed by atoms with E-state index in [0.29, 0.717) is 18.8 Å². The molecular weight excluding hydrogens is 300 g/mol. The predicted molar refractivity (Wildman–Crippen MR) is 97.4 cm³/mol. The summed E-state index contributed by atoms with van der Waals surface area (Å²) < 4.78 is 5.41. The molecule has 122 valence electrons. The first kappa shape index (κ1) is 15.9. The summed E-state index contributed by atoms with van der Waals surface area (Å²) in [5.74, 6) is 0.570. The first-order chi connectivity index (χ1) is 11.8. The van der Waals surface area contributed by atoms with Gasteiger partial charge >= 0.3 is 0 Å². The van der Waals surface area contributed by atoms with Crippen molar-refractivity contribution in [2.75, 3.05) is 25.0 Å². The van der Waals surface area contributed by atoms with Crippen LogP contribution in [-0.4, -0.2) is 25.6 Å². The number of hydrogen-bond acceptors (Lipinski definition) is 3. The molecular formula is C20H20N2O2. The number of benzene rings is 3. The third-order valence-electron chi connectivity index (χ3n) is 3.67. The van der Waals surface area contributed by atoms with Crippen molar-refractivity contribution < 1.29 is 9.53 Å². The van der Waals surface area contributed by atoms with Crippen LogP contribution in [0.2, 0.25) is 0 Å². The van der Waals surface area contributed by atoms with Crippen molar-refractivity contribution in [3.8, 4) is 5.75 Å². The smallest absolute Gasteiger partial charge is 0.258 e. The molecule has 3 aromatic rings. The second-order valence-electron chi connectivity index (χ2n) is 5.41. The molecule has 0 aromatic heterocycles. The Morgan fingerprint density at radius 1 is 0.833 bits per heavy atom. The van der Waals surface area contributed by atoms with Crippen molar-refractivity contribution in [2.24, 2.45) is 0 Å². The maximum Gasteiger partial charge on any atom is 0.258 e. The summed E-state index contributed by atoms with van der Waals surface area (Å²) in [7, 11) is 0. The highest BCUT2D eigenvalue weighted by Gasteiger charge is 2.03. The lowest BCUT2D eigenvalue weighted by Crippen LogP contribution is -2.32. The molecule has 4 heteroatoms. The molecule has 0 aliphatic rings. The van der Waals surface area contributed by atoms with Gasteiger partial charge in [-0.2, -0.15) is 0 Å². The Hall–Kier alpha value is -3.01. The Bertz CT molecular complexity index is 798. The molecule has 0 saturated heterocycles. The van der Waals surface area contributed by atoms with Crippen molar-refractivity contribution >= 4 is 22.4 Å². The van der Waals surface area contributed by atoms with Gasteiger partial charge < -0.3 is 15.4 Å². The van der Waals surface area contributed by atoms with Crippen LogP contribution in [0.5, 0.6) is 5.75 Å². The Balaban J connectivity index is 1.42. The highest BCUT2D eigenvalue weighted by atomic mass is 16.5. The number of ether oxygens (including phenoxy) is 1. The number of nitrogens with one attached hydrogen (secondary N) is 2. The zero-order chi connectivity index (χ0) is 16.6. The van der Waals surface area contributed by atoms with Crippen LogP contribution in [0.4, 0.5) is 5.69 Å². The number of carbonyl (C=O) groups excluding carboxylic acids is 1. The number of amides is 1. The lowest BCUT2D eigenvalue weighted by Gasteiger charge is -2.11. The molecule has 2 N–H and O–H groups in total. The first-order valence-electron chi connectivity index (χ1n) is 7.99. The average molecular weight is 320 g/mol. The zero-order valence-corrected chi connectivity index (χ0v) is 13.4.